The van der Waals surface area contributed by atoms with Crippen molar-refractivity contribution in [1.82, 2.24) is 0 Å². The van der Waals surface area contributed by atoms with E-state index in [9.17, 15) is 0 Å². The Labute approximate surface area is 136 Å². The van der Waals surface area contributed by atoms with Gasteiger partial charge in [-0.3, -0.25) is 0 Å². The summed E-state index contributed by atoms with van der Waals surface area (Å²) in [5.41, 5.74) is 3.35. The number of anilines is 1. The first-order valence-electron chi connectivity index (χ1n) is 8.17. The lowest BCUT2D eigenvalue weighted by Gasteiger charge is -2.68. The van der Waals surface area contributed by atoms with Crippen LogP contribution >= 0.6 is 0 Å². The van der Waals surface area contributed by atoms with Crippen molar-refractivity contribution in [2.45, 2.75) is 25.5 Å². The SMILES string of the molecule is N#Cc1ccc(NC2C3CC2(COCc2ccccc2)C3)cc1. The maximum Gasteiger partial charge on any atom is 0.0991 e. The van der Waals surface area contributed by atoms with Crippen molar-refractivity contribution in [3.8, 4) is 6.07 Å². The molecule has 0 spiro atoms. The van der Waals surface area contributed by atoms with Crippen LogP contribution in [0.25, 0.3) is 0 Å². The van der Waals surface area contributed by atoms with Gasteiger partial charge < -0.3 is 10.1 Å². The molecule has 1 N–H and O–H groups in total. The summed E-state index contributed by atoms with van der Waals surface area (Å²) in [6.07, 6.45) is 2.55. The van der Waals surface area contributed by atoms with Gasteiger partial charge in [-0.25, -0.2) is 0 Å². The van der Waals surface area contributed by atoms with Crippen LogP contribution in [0.3, 0.4) is 0 Å². The summed E-state index contributed by atoms with van der Waals surface area (Å²) < 4.78 is 5.99. The first-order chi connectivity index (χ1) is 11.3. The molecule has 3 nitrogen and oxygen atoms in total. The van der Waals surface area contributed by atoms with E-state index in [0.29, 0.717) is 23.6 Å². The predicted molar refractivity (Wildman–Crippen MR) is 89.8 cm³/mol. The first-order valence-corrected chi connectivity index (χ1v) is 8.17. The van der Waals surface area contributed by atoms with Crippen LogP contribution in [0, 0.1) is 22.7 Å². The van der Waals surface area contributed by atoms with Gasteiger partial charge in [0, 0.05) is 17.1 Å². The van der Waals surface area contributed by atoms with Crippen molar-refractivity contribution >= 4 is 5.69 Å². The van der Waals surface area contributed by atoms with E-state index in [2.05, 4.69) is 35.7 Å². The van der Waals surface area contributed by atoms with E-state index in [4.69, 9.17) is 10.00 Å². The van der Waals surface area contributed by atoms with Crippen LogP contribution in [0.2, 0.25) is 0 Å². The van der Waals surface area contributed by atoms with Crippen LogP contribution in [-0.2, 0) is 11.3 Å². The zero-order valence-corrected chi connectivity index (χ0v) is 13.0. The van der Waals surface area contributed by atoms with Crippen LogP contribution in [0.15, 0.2) is 54.6 Å². The Hall–Kier alpha value is -2.31. The van der Waals surface area contributed by atoms with Crippen LogP contribution < -0.4 is 5.32 Å². The van der Waals surface area contributed by atoms with Gasteiger partial charge in [0.2, 0.25) is 0 Å². The molecule has 2 bridgehead atoms. The molecule has 116 valence electrons. The lowest BCUT2D eigenvalue weighted by Crippen LogP contribution is -2.70. The molecule has 23 heavy (non-hydrogen) atoms. The zero-order chi connectivity index (χ0) is 15.7. The molecule has 0 aromatic heterocycles. The van der Waals surface area contributed by atoms with E-state index in [1.54, 1.807) is 0 Å². The van der Waals surface area contributed by atoms with Crippen LogP contribution in [0.1, 0.15) is 24.0 Å². The monoisotopic (exact) mass is 304 g/mol. The minimum Gasteiger partial charge on any atom is -0.381 e. The average molecular weight is 304 g/mol. The van der Waals surface area contributed by atoms with Gasteiger partial charge in [-0.1, -0.05) is 30.3 Å². The quantitative estimate of drug-likeness (QED) is 0.878. The van der Waals surface area contributed by atoms with Crippen LogP contribution in [0.4, 0.5) is 5.69 Å². The molecule has 2 aromatic rings. The highest BCUT2D eigenvalue weighted by Gasteiger charge is 2.65. The van der Waals surface area contributed by atoms with E-state index in [0.717, 1.165) is 18.2 Å². The first kappa shape index (κ1) is 14.3. The second kappa shape index (κ2) is 5.72. The van der Waals surface area contributed by atoms with Gasteiger partial charge in [0.05, 0.1) is 24.8 Å². The van der Waals surface area contributed by atoms with Crippen LogP contribution in [0.5, 0.6) is 0 Å². The number of benzene rings is 2. The second-order valence-electron chi connectivity index (χ2n) is 6.82. The molecule has 5 rings (SSSR count). The molecule has 0 amide bonds. The van der Waals surface area contributed by atoms with Gasteiger partial charge >= 0.3 is 0 Å². The molecule has 1 atom stereocenters. The van der Waals surface area contributed by atoms with Crippen molar-refractivity contribution in [2.24, 2.45) is 11.3 Å². The fourth-order valence-electron chi connectivity index (χ4n) is 3.90. The number of nitrogens with one attached hydrogen (secondary N) is 1. The average Bonchev–Trinajstić information content (AvgIpc) is 2.57. The molecule has 3 aliphatic rings. The minimum absolute atomic E-state index is 0.313. The maximum atomic E-state index is 8.86. The van der Waals surface area contributed by atoms with Crippen molar-refractivity contribution in [3.63, 3.8) is 0 Å². The summed E-state index contributed by atoms with van der Waals surface area (Å²) >= 11 is 0. The molecule has 0 radical (unpaired) electrons. The van der Waals surface area contributed by atoms with Crippen molar-refractivity contribution < 1.29 is 4.74 Å². The summed E-state index contributed by atoms with van der Waals surface area (Å²) in [6.45, 7) is 1.52. The van der Waals surface area contributed by atoms with E-state index in [1.165, 1.54) is 18.4 Å². The van der Waals surface area contributed by atoms with Crippen LogP contribution in [-0.4, -0.2) is 12.6 Å². The Bertz CT molecular complexity index is 712. The highest BCUT2D eigenvalue weighted by atomic mass is 16.5. The van der Waals surface area contributed by atoms with E-state index < -0.39 is 0 Å². The summed E-state index contributed by atoms with van der Waals surface area (Å²) in [7, 11) is 0. The molecule has 0 saturated heterocycles. The Balaban J connectivity index is 1.32. The Morgan fingerprint density at radius 3 is 2.43 bits per heavy atom. The highest BCUT2D eigenvalue weighted by molar-refractivity contribution is 5.50. The summed E-state index contributed by atoms with van der Waals surface area (Å²) in [5, 5.41) is 12.5. The van der Waals surface area contributed by atoms with Crippen molar-refractivity contribution in [2.75, 3.05) is 11.9 Å². The van der Waals surface area contributed by atoms with Gasteiger partial charge in [0.25, 0.3) is 0 Å². The Morgan fingerprint density at radius 2 is 1.83 bits per heavy atom. The lowest BCUT2D eigenvalue weighted by molar-refractivity contribution is -0.170. The number of ether oxygens (including phenoxy) is 1. The molecule has 0 heterocycles. The molecular weight excluding hydrogens is 284 g/mol. The molecule has 3 saturated carbocycles. The molecule has 1 unspecified atom stereocenters. The molecule has 0 aliphatic heterocycles. The predicted octanol–water partition coefficient (Wildman–Crippen LogP) is 3.97. The summed E-state index contributed by atoms with van der Waals surface area (Å²) in [5.74, 6) is 0.783. The largest absolute Gasteiger partial charge is 0.381 e. The fraction of sp³-hybridized carbons (Fsp3) is 0.350. The standard InChI is InChI=1S/C20H20N2O/c21-12-15-6-8-18(9-7-15)22-19-17-10-20(19,11-17)14-23-13-16-4-2-1-3-5-16/h1-9,17,19,22H,10-11,13-14H2. The minimum atomic E-state index is 0.313. The second-order valence-corrected chi connectivity index (χ2v) is 6.82. The zero-order valence-electron chi connectivity index (χ0n) is 13.0. The Morgan fingerprint density at radius 1 is 1.09 bits per heavy atom. The summed E-state index contributed by atoms with van der Waals surface area (Å²) in [4.78, 5) is 0. The fourth-order valence-corrected chi connectivity index (χ4v) is 3.90. The van der Waals surface area contributed by atoms with Gasteiger partial charge in [-0.2, -0.15) is 5.26 Å². The number of nitrogens with zero attached hydrogens (tertiary/aromatic N) is 1. The Kier molecular flexibility index (Phi) is 3.55. The van der Waals surface area contributed by atoms with Crippen molar-refractivity contribution in [3.05, 3.63) is 65.7 Å². The summed E-state index contributed by atoms with van der Waals surface area (Å²) in [6, 6.07) is 20.7. The van der Waals surface area contributed by atoms with Gasteiger partial charge in [0.15, 0.2) is 0 Å². The molecule has 2 aromatic carbocycles. The number of hydrogen-bond acceptors (Lipinski definition) is 3. The van der Waals surface area contributed by atoms with E-state index >= 15 is 0 Å². The number of rotatable bonds is 6. The topological polar surface area (TPSA) is 45.0 Å². The van der Waals surface area contributed by atoms with Gasteiger partial charge in [-0.05, 0) is 48.6 Å². The van der Waals surface area contributed by atoms with E-state index in [-0.39, 0.29) is 0 Å². The van der Waals surface area contributed by atoms with E-state index in [1.807, 2.05) is 30.3 Å². The normalized spacial score (nSPS) is 27.4. The number of nitriles is 1. The molecular formula is C20H20N2O. The molecule has 3 aliphatic carbocycles. The highest BCUT2D eigenvalue weighted by Crippen LogP contribution is 2.65. The third-order valence-electron chi connectivity index (χ3n) is 5.31. The maximum absolute atomic E-state index is 8.86. The van der Waals surface area contributed by atoms with Crippen molar-refractivity contribution in [1.29, 1.82) is 5.26 Å². The lowest BCUT2D eigenvalue weighted by atomic mass is 9.41. The molecule has 3 fully saturated rings. The van der Waals surface area contributed by atoms with Gasteiger partial charge in [0.1, 0.15) is 0 Å². The number of hydrogen-bond donors (Lipinski definition) is 1. The van der Waals surface area contributed by atoms with Gasteiger partial charge in [-0.15, -0.1) is 0 Å². The third kappa shape index (κ3) is 2.60. The third-order valence-corrected chi connectivity index (χ3v) is 5.31. The smallest absolute Gasteiger partial charge is 0.0991 e. The molecule has 3 heteroatoms.